The van der Waals surface area contributed by atoms with E-state index in [0.29, 0.717) is 32.8 Å². The standard InChI is InChI=1S/C24H15Cl2N5O2S2/c25-16-4-1-14(2-5-16)23-30-17(12-34-23)13-35-24-19(10-28)21(18(9-27)22(26)31-24)15-3-6-20(29-11-15)33-8-7-32/h1-6,11-12,32H,7-8,13H2. The van der Waals surface area contributed by atoms with E-state index in [9.17, 15) is 10.5 Å². The van der Waals surface area contributed by atoms with E-state index in [4.69, 9.17) is 33.0 Å². The van der Waals surface area contributed by atoms with Gasteiger partial charge < -0.3 is 9.84 Å². The lowest BCUT2D eigenvalue weighted by Gasteiger charge is -2.12. The van der Waals surface area contributed by atoms with Crippen molar-refractivity contribution < 1.29 is 9.84 Å². The molecule has 4 rings (SSSR count). The predicted octanol–water partition coefficient (Wildman–Crippen LogP) is 5.98. The van der Waals surface area contributed by atoms with Crippen LogP contribution in [0.4, 0.5) is 0 Å². The van der Waals surface area contributed by atoms with Gasteiger partial charge in [-0.15, -0.1) is 11.3 Å². The van der Waals surface area contributed by atoms with Crippen molar-refractivity contribution >= 4 is 46.3 Å². The summed E-state index contributed by atoms with van der Waals surface area (Å²) < 4.78 is 5.29. The van der Waals surface area contributed by atoms with Gasteiger partial charge in [0, 0.05) is 45.1 Å². The number of hydrogen-bond acceptors (Lipinski definition) is 9. The number of pyridine rings is 2. The third kappa shape index (κ3) is 5.73. The number of hydrogen-bond donors (Lipinski definition) is 1. The summed E-state index contributed by atoms with van der Waals surface area (Å²) in [5, 5.41) is 32.4. The van der Waals surface area contributed by atoms with Gasteiger partial charge in [-0.1, -0.05) is 47.1 Å². The Labute approximate surface area is 219 Å². The Hall–Kier alpha value is -3.18. The van der Waals surface area contributed by atoms with Crippen molar-refractivity contribution in [2.24, 2.45) is 0 Å². The molecule has 0 fully saturated rings. The second-order valence-corrected chi connectivity index (χ2v) is 9.57. The molecular weight excluding hydrogens is 525 g/mol. The summed E-state index contributed by atoms with van der Waals surface area (Å²) in [5.74, 6) is 0.772. The van der Waals surface area contributed by atoms with Crippen molar-refractivity contribution in [3.05, 3.63) is 75.0 Å². The molecule has 0 bridgehead atoms. The number of nitriles is 2. The maximum absolute atomic E-state index is 9.96. The monoisotopic (exact) mass is 539 g/mol. The van der Waals surface area contributed by atoms with Crippen molar-refractivity contribution in [2.45, 2.75) is 10.8 Å². The molecule has 0 aliphatic heterocycles. The molecule has 1 N–H and O–H groups in total. The Morgan fingerprint density at radius 3 is 2.40 bits per heavy atom. The zero-order chi connectivity index (χ0) is 24.8. The average molecular weight is 540 g/mol. The van der Waals surface area contributed by atoms with Crippen molar-refractivity contribution in [3.63, 3.8) is 0 Å². The van der Waals surface area contributed by atoms with E-state index >= 15 is 0 Å². The highest BCUT2D eigenvalue weighted by Crippen LogP contribution is 2.37. The largest absolute Gasteiger partial charge is 0.475 e. The number of aromatic nitrogens is 3. The predicted molar refractivity (Wildman–Crippen MR) is 137 cm³/mol. The summed E-state index contributed by atoms with van der Waals surface area (Å²) in [6, 6.07) is 14.9. The third-order valence-corrected chi connectivity index (χ3v) is 7.18. The van der Waals surface area contributed by atoms with E-state index in [1.54, 1.807) is 12.1 Å². The Balaban J connectivity index is 1.63. The summed E-state index contributed by atoms with van der Waals surface area (Å²) in [4.78, 5) is 13.2. The van der Waals surface area contributed by atoms with Crippen LogP contribution in [0.3, 0.4) is 0 Å². The van der Waals surface area contributed by atoms with Crippen LogP contribution in [0.1, 0.15) is 16.8 Å². The molecule has 1 aromatic carbocycles. The number of rotatable bonds is 8. The maximum atomic E-state index is 9.96. The second kappa shape index (κ2) is 11.5. The summed E-state index contributed by atoms with van der Waals surface area (Å²) in [6.07, 6.45) is 1.49. The molecule has 0 saturated heterocycles. The molecule has 0 saturated carbocycles. The lowest BCUT2D eigenvalue weighted by molar-refractivity contribution is 0.196. The van der Waals surface area contributed by atoms with E-state index in [1.165, 1.54) is 29.3 Å². The fourth-order valence-electron chi connectivity index (χ4n) is 3.14. The molecular formula is C24H15Cl2N5O2S2. The van der Waals surface area contributed by atoms with Gasteiger partial charge in [0.15, 0.2) is 0 Å². The number of aliphatic hydroxyl groups is 1. The Morgan fingerprint density at radius 2 is 1.74 bits per heavy atom. The second-order valence-electron chi connectivity index (χ2n) is 6.95. The summed E-state index contributed by atoms with van der Waals surface area (Å²) in [7, 11) is 0. The molecule has 7 nitrogen and oxygen atoms in total. The van der Waals surface area contributed by atoms with Crippen LogP contribution in [0, 0.1) is 22.7 Å². The molecule has 0 atom stereocenters. The molecule has 3 aromatic heterocycles. The first-order valence-electron chi connectivity index (χ1n) is 10.1. The molecule has 0 aliphatic rings. The topological polar surface area (TPSA) is 116 Å². The van der Waals surface area contributed by atoms with Gasteiger partial charge in [-0.25, -0.2) is 15.0 Å². The number of halogens is 2. The van der Waals surface area contributed by atoms with Crippen molar-refractivity contribution in [2.75, 3.05) is 13.2 Å². The number of ether oxygens (including phenoxy) is 1. The van der Waals surface area contributed by atoms with Crippen molar-refractivity contribution in [1.29, 1.82) is 10.5 Å². The van der Waals surface area contributed by atoms with Gasteiger partial charge in [-0.05, 0) is 18.2 Å². The fourth-order valence-corrected chi connectivity index (χ4v) is 5.35. The molecule has 0 amide bonds. The Morgan fingerprint density at radius 1 is 1.00 bits per heavy atom. The quantitative estimate of drug-likeness (QED) is 0.214. The van der Waals surface area contributed by atoms with Gasteiger partial charge in [-0.2, -0.15) is 10.5 Å². The minimum Gasteiger partial charge on any atom is -0.475 e. The first-order chi connectivity index (χ1) is 17.0. The summed E-state index contributed by atoms with van der Waals surface area (Å²) in [6.45, 7) is -0.0290. The van der Waals surface area contributed by atoms with Gasteiger partial charge in [0.1, 0.15) is 33.9 Å². The SMILES string of the molecule is N#Cc1c(Cl)nc(SCc2csc(-c3ccc(Cl)cc3)n2)c(C#N)c1-c1ccc(OCCO)nc1. The smallest absolute Gasteiger partial charge is 0.213 e. The average Bonchev–Trinajstić information content (AvgIpc) is 3.35. The molecule has 3 heterocycles. The van der Waals surface area contributed by atoms with Crippen LogP contribution in [-0.4, -0.2) is 33.3 Å². The molecule has 0 aliphatic carbocycles. The molecule has 4 aromatic rings. The number of nitrogens with zero attached hydrogens (tertiary/aromatic N) is 5. The van der Waals surface area contributed by atoms with Gasteiger partial charge in [0.05, 0.1) is 23.4 Å². The van der Waals surface area contributed by atoms with Crippen LogP contribution in [0.2, 0.25) is 10.2 Å². The lowest BCUT2D eigenvalue weighted by atomic mass is 9.99. The first-order valence-corrected chi connectivity index (χ1v) is 12.7. The van der Waals surface area contributed by atoms with E-state index in [-0.39, 0.29) is 29.5 Å². The molecule has 0 unspecified atom stereocenters. The van der Waals surface area contributed by atoms with E-state index in [0.717, 1.165) is 16.3 Å². The molecule has 11 heteroatoms. The molecule has 0 spiro atoms. The third-order valence-electron chi connectivity index (χ3n) is 4.71. The zero-order valence-corrected chi connectivity index (χ0v) is 21.0. The minimum atomic E-state index is -0.138. The van der Waals surface area contributed by atoms with Gasteiger partial charge in [0.2, 0.25) is 5.88 Å². The highest BCUT2D eigenvalue weighted by molar-refractivity contribution is 7.98. The van der Waals surface area contributed by atoms with Gasteiger partial charge in [0.25, 0.3) is 0 Å². The number of benzene rings is 1. The molecule has 174 valence electrons. The summed E-state index contributed by atoms with van der Waals surface area (Å²) in [5.41, 5.74) is 3.00. The lowest BCUT2D eigenvalue weighted by Crippen LogP contribution is -2.03. The molecule has 35 heavy (non-hydrogen) atoms. The highest BCUT2D eigenvalue weighted by atomic mass is 35.5. The first kappa shape index (κ1) is 24.9. The molecule has 0 radical (unpaired) electrons. The van der Waals surface area contributed by atoms with Crippen LogP contribution >= 0.6 is 46.3 Å². The highest BCUT2D eigenvalue weighted by Gasteiger charge is 2.21. The normalized spacial score (nSPS) is 10.5. The Kier molecular flexibility index (Phi) is 8.19. The van der Waals surface area contributed by atoms with Crippen LogP contribution in [0.15, 0.2) is 53.0 Å². The van der Waals surface area contributed by atoms with E-state index < -0.39 is 0 Å². The van der Waals surface area contributed by atoms with Gasteiger partial charge in [-0.3, -0.25) is 0 Å². The number of aliphatic hydroxyl groups excluding tert-OH is 1. The van der Waals surface area contributed by atoms with E-state index in [1.807, 2.05) is 35.7 Å². The fraction of sp³-hybridized carbons (Fsp3) is 0.125. The maximum Gasteiger partial charge on any atom is 0.213 e. The van der Waals surface area contributed by atoms with E-state index in [2.05, 4.69) is 21.0 Å². The summed E-state index contributed by atoms with van der Waals surface area (Å²) >= 11 is 15.1. The Bertz CT molecular complexity index is 1430. The van der Waals surface area contributed by atoms with Crippen LogP contribution in [0.25, 0.3) is 21.7 Å². The zero-order valence-electron chi connectivity index (χ0n) is 17.9. The van der Waals surface area contributed by atoms with Crippen LogP contribution < -0.4 is 4.74 Å². The van der Waals surface area contributed by atoms with Crippen molar-refractivity contribution in [3.8, 4) is 39.7 Å². The van der Waals surface area contributed by atoms with Crippen LogP contribution in [0.5, 0.6) is 5.88 Å². The van der Waals surface area contributed by atoms with Crippen LogP contribution in [-0.2, 0) is 5.75 Å². The van der Waals surface area contributed by atoms with Crippen molar-refractivity contribution in [1.82, 2.24) is 15.0 Å². The van der Waals surface area contributed by atoms with Gasteiger partial charge >= 0.3 is 0 Å². The number of thioether (sulfide) groups is 1. The minimum absolute atomic E-state index is 0.00439. The number of thiazole rings is 1.